The van der Waals surface area contributed by atoms with Crippen LogP contribution in [0, 0.1) is 5.92 Å². The number of carbonyl (C=O) groups excluding carboxylic acids is 2. The van der Waals surface area contributed by atoms with E-state index in [1.165, 1.54) is 0 Å². The van der Waals surface area contributed by atoms with Gasteiger partial charge in [0.15, 0.2) is 0 Å². The molecule has 2 atom stereocenters. The van der Waals surface area contributed by atoms with E-state index in [2.05, 4.69) is 5.32 Å². The van der Waals surface area contributed by atoms with Gasteiger partial charge in [-0.2, -0.15) is 0 Å². The summed E-state index contributed by atoms with van der Waals surface area (Å²) in [6.45, 7) is 5.20. The largest absolute Gasteiger partial charge is 0.339 e. The minimum atomic E-state index is 0.00304. The summed E-state index contributed by atoms with van der Waals surface area (Å²) in [6.07, 6.45) is 1.73. The summed E-state index contributed by atoms with van der Waals surface area (Å²) in [4.78, 5) is 27.4. The van der Waals surface area contributed by atoms with E-state index < -0.39 is 0 Å². The molecule has 6 heteroatoms. The summed E-state index contributed by atoms with van der Waals surface area (Å²) in [5, 5.41) is 2.82. The minimum Gasteiger partial charge on any atom is -0.339 e. The zero-order valence-electron chi connectivity index (χ0n) is 10.9. The third-order valence-corrected chi connectivity index (χ3v) is 3.81. The van der Waals surface area contributed by atoms with E-state index in [0.717, 1.165) is 12.8 Å². The number of hydrogen-bond acceptors (Lipinski definition) is 3. The highest BCUT2D eigenvalue weighted by atomic mass is 16.2. The van der Waals surface area contributed by atoms with Gasteiger partial charge < -0.3 is 20.9 Å². The maximum Gasteiger partial charge on any atom is 0.317 e. The second kappa shape index (κ2) is 5.56. The van der Waals surface area contributed by atoms with Gasteiger partial charge in [-0.3, -0.25) is 4.79 Å². The number of fused-ring (bicyclic) bond motifs is 1. The molecule has 3 amide bonds. The van der Waals surface area contributed by atoms with Crippen molar-refractivity contribution >= 4 is 11.9 Å². The first-order valence-electron chi connectivity index (χ1n) is 6.66. The molecule has 18 heavy (non-hydrogen) atoms. The number of nitrogens with one attached hydrogen (secondary N) is 1. The van der Waals surface area contributed by atoms with Crippen molar-refractivity contribution in [2.45, 2.75) is 25.8 Å². The van der Waals surface area contributed by atoms with Gasteiger partial charge in [0.05, 0.1) is 6.04 Å². The smallest absolute Gasteiger partial charge is 0.317 e. The highest BCUT2D eigenvalue weighted by Crippen LogP contribution is 2.17. The number of piperazine rings is 1. The van der Waals surface area contributed by atoms with E-state index >= 15 is 0 Å². The first kappa shape index (κ1) is 13.1. The summed E-state index contributed by atoms with van der Waals surface area (Å²) in [7, 11) is 0. The summed E-state index contributed by atoms with van der Waals surface area (Å²) < 4.78 is 0. The van der Waals surface area contributed by atoms with Crippen LogP contribution in [0.4, 0.5) is 4.79 Å². The topological polar surface area (TPSA) is 78.7 Å². The standard InChI is InChI=1S/C12H22N4O2/c1-9(3-2-4-13)11(17)15-5-6-16-10(8-15)7-14-12(16)18/h9-10H,2-8,13H2,1H3,(H,14,18). The van der Waals surface area contributed by atoms with E-state index in [-0.39, 0.29) is 23.9 Å². The molecule has 2 unspecified atom stereocenters. The average molecular weight is 254 g/mol. The van der Waals surface area contributed by atoms with Crippen LogP contribution in [-0.4, -0.2) is 60.5 Å². The quantitative estimate of drug-likeness (QED) is 0.716. The van der Waals surface area contributed by atoms with Gasteiger partial charge in [-0.05, 0) is 19.4 Å². The average Bonchev–Trinajstić information content (AvgIpc) is 2.76. The van der Waals surface area contributed by atoms with Gasteiger partial charge in [-0.1, -0.05) is 6.92 Å². The van der Waals surface area contributed by atoms with Crippen LogP contribution in [0.2, 0.25) is 0 Å². The third-order valence-electron chi connectivity index (χ3n) is 3.81. The molecule has 2 heterocycles. The van der Waals surface area contributed by atoms with Crippen molar-refractivity contribution in [3.8, 4) is 0 Å². The van der Waals surface area contributed by atoms with Crippen molar-refractivity contribution in [2.24, 2.45) is 11.7 Å². The molecule has 3 N–H and O–H groups in total. The molecule has 2 saturated heterocycles. The minimum absolute atomic E-state index is 0.00304. The lowest BCUT2D eigenvalue weighted by molar-refractivity contribution is -0.137. The highest BCUT2D eigenvalue weighted by Gasteiger charge is 2.37. The molecular formula is C12H22N4O2. The molecule has 6 nitrogen and oxygen atoms in total. The van der Waals surface area contributed by atoms with Crippen molar-refractivity contribution in [2.75, 3.05) is 32.7 Å². The first-order valence-corrected chi connectivity index (χ1v) is 6.66. The molecule has 102 valence electrons. The summed E-state index contributed by atoms with van der Waals surface area (Å²) in [5.41, 5.74) is 5.46. The molecule has 0 saturated carbocycles. The lowest BCUT2D eigenvalue weighted by Gasteiger charge is -2.37. The van der Waals surface area contributed by atoms with Gasteiger partial charge in [0.25, 0.3) is 0 Å². The van der Waals surface area contributed by atoms with Gasteiger partial charge in [0.1, 0.15) is 0 Å². The molecule has 0 bridgehead atoms. The highest BCUT2D eigenvalue weighted by molar-refractivity contribution is 5.80. The number of hydrogen-bond donors (Lipinski definition) is 2. The van der Waals surface area contributed by atoms with Gasteiger partial charge in [-0.15, -0.1) is 0 Å². The molecule has 0 spiro atoms. The van der Waals surface area contributed by atoms with E-state index in [4.69, 9.17) is 5.73 Å². The molecule has 0 aromatic heterocycles. The van der Waals surface area contributed by atoms with Crippen molar-refractivity contribution in [1.82, 2.24) is 15.1 Å². The molecule has 0 radical (unpaired) electrons. The van der Waals surface area contributed by atoms with E-state index in [0.29, 0.717) is 32.7 Å². The van der Waals surface area contributed by atoms with Gasteiger partial charge in [-0.25, -0.2) is 4.79 Å². The van der Waals surface area contributed by atoms with Crippen molar-refractivity contribution in [1.29, 1.82) is 0 Å². The molecule has 2 aliphatic rings. The Morgan fingerprint density at radius 3 is 3.06 bits per heavy atom. The van der Waals surface area contributed by atoms with Crippen LogP contribution in [0.5, 0.6) is 0 Å². The van der Waals surface area contributed by atoms with Crippen molar-refractivity contribution < 1.29 is 9.59 Å². The number of amides is 3. The summed E-state index contributed by atoms with van der Waals surface area (Å²) in [6, 6.07) is 0.153. The molecule has 2 fully saturated rings. The Kier molecular flexibility index (Phi) is 4.06. The van der Waals surface area contributed by atoms with Crippen LogP contribution in [0.3, 0.4) is 0 Å². The number of nitrogens with two attached hydrogens (primary N) is 1. The van der Waals surface area contributed by atoms with Crippen LogP contribution in [0.25, 0.3) is 0 Å². The predicted molar refractivity (Wildman–Crippen MR) is 67.9 cm³/mol. The molecular weight excluding hydrogens is 232 g/mol. The van der Waals surface area contributed by atoms with Gasteiger partial charge in [0, 0.05) is 32.1 Å². The molecule has 0 aromatic rings. The maximum atomic E-state index is 12.2. The Morgan fingerprint density at radius 1 is 1.56 bits per heavy atom. The SMILES string of the molecule is CC(CCCN)C(=O)N1CCN2C(=O)NCC2C1. The first-order chi connectivity index (χ1) is 8.63. The van der Waals surface area contributed by atoms with Crippen LogP contribution < -0.4 is 11.1 Å². The Bertz CT molecular complexity index is 334. The second-order valence-corrected chi connectivity index (χ2v) is 5.15. The van der Waals surface area contributed by atoms with E-state index in [1.54, 1.807) is 0 Å². The summed E-state index contributed by atoms with van der Waals surface area (Å²) >= 11 is 0. The van der Waals surface area contributed by atoms with Gasteiger partial charge >= 0.3 is 6.03 Å². The number of carbonyl (C=O) groups is 2. The summed E-state index contributed by atoms with van der Waals surface area (Å²) in [5.74, 6) is 0.229. The van der Waals surface area contributed by atoms with E-state index in [9.17, 15) is 9.59 Å². The van der Waals surface area contributed by atoms with E-state index in [1.807, 2.05) is 16.7 Å². The maximum absolute atomic E-state index is 12.2. The fraction of sp³-hybridized carbons (Fsp3) is 0.833. The Morgan fingerprint density at radius 2 is 2.33 bits per heavy atom. The zero-order chi connectivity index (χ0) is 13.1. The number of urea groups is 1. The molecule has 0 aromatic carbocycles. The molecule has 0 aliphatic carbocycles. The number of rotatable bonds is 4. The lowest BCUT2D eigenvalue weighted by Crippen LogP contribution is -2.54. The fourth-order valence-electron chi connectivity index (χ4n) is 2.66. The Hall–Kier alpha value is -1.30. The lowest BCUT2D eigenvalue weighted by atomic mass is 10.0. The normalized spacial score (nSPS) is 24.8. The van der Waals surface area contributed by atoms with Crippen LogP contribution in [0.15, 0.2) is 0 Å². The monoisotopic (exact) mass is 254 g/mol. The zero-order valence-corrected chi connectivity index (χ0v) is 10.9. The third kappa shape index (κ3) is 2.58. The van der Waals surface area contributed by atoms with Crippen LogP contribution >= 0.6 is 0 Å². The van der Waals surface area contributed by atoms with Crippen LogP contribution in [0.1, 0.15) is 19.8 Å². The molecule has 2 aliphatic heterocycles. The van der Waals surface area contributed by atoms with Crippen molar-refractivity contribution in [3.63, 3.8) is 0 Å². The second-order valence-electron chi connectivity index (χ2n) is 5.15. The fourth-order valence-corrected chi connectivity index (χ4v) is 2.66. The molecule has 2 rings (SSSR count). The van der Waals surface area contributed by atoms with Gasteiger partial charge in [0.2, 0.25) is 5.91 Å². The van der Waals surface area contributed by atoms with Crippen molar-refractivity contribution in [3.05, 3.63) is 0 Å². The van der Waals surface area contributed by atoms with Crippen LogP contribution in [-0.2, 0) is 4.79 Å². The predicted octanol–water partition coefficient (Wildman–Crippen LogP) is -0.403. The number of nitrogens with zero attached hydrogens (tertiary/aromatic N) is 2. The Labute approximate surface area is 107 Å². The Balaban J connectivity index is 1.87.